The van der Waals surface area contributed by atoms with Gasteiger partial charge in [0.15, 0.2) is 0 Å². The molecule has 48 heavy (non-hydrogen) atoms. The number of ether oxygens (including phenoxy) is 1. The van der Waals surface area contributed by atoms with Crippen molar-refractivity contribution in [3.05, 3.63) is 87.4 Å². The first-order valence-electron chi connectivity index (χ1n) is 16.4. The zero-order valence-electron chi connectivity index (χ0n) is 28.0. The average Bonchev–Trinajstić information content (AvgIpc) is 3.58. The van der Waals surface area contributed by atoms with Gasteiger partial charge in [0.2, 0.25) is 0 Å². The number of aryl methyl sites for hydroxylation is 2. The standard InChI is InChI=1S/C36H45N5O6S/c1-5-10-26(11-8-6-7-9-16-48(4,45)46)41-21-25-18-30-31(19-28(25)36(41)44)40-34(39-30)33-29(14-15-37-35(33)43)38-20-27(42)22-47-32-13-12-23(2)17-24(32)3/h6-7,12-15,17-19,26-27,42H,5,8-11,16,20-22H2,1-4H3,(H,39,40)(H2,37,38,43)/b7-6+/t26?,27-/m1/s1. The van der Waals surface area contributed by atoms with Crippen LogP contribution >= 0.6 is 0 Å². The molecule has 2 atom stereocenters. The number of nitrogens with one attached hydrogen (secondary N) is 3. The second kappa shape index (κ2) is 15.2. The van der Waals surface area contributed by atoms with E-state index >= 15 is 0 Å². The van der Waals surface area contributed by atoms with Gasteiger partial charge in [-0.2, -0.15) is 0 Å². The van der Waals surface area contributed by atoms with E-state index < -0.39 is 15.9 Å². The summed E-state index contributed by atoms with van der Waals surface area (Å²) in [7, 11) is -2.99. The van der Waals surface area contributed by atoms with Crippen molar-refractivity contribution in [1.29, 1.82) is 0 Å². The molecule has 1 unspecified atom stereocenters. The monoisotopic (exact) mass is 675 g/mol. The predicted octanol–water partition coefficient (Wildman–Crippen LogP) is 5.28. The number of H-pyrrole nitrogens is 2. The van der Waals surface area contributed by atoms with E-state index in [2.05, 4.69) is 22.2 Å². The fourth-order valence-electron chi connectivity index (χ4n) is 6.15. The third kappa shape index (κ3) is 8.53. The minimum Gasteiger partial charge on any atom is -0.491 e. The van der Waals surface area contributed by atoms with Gasteiger partial charge in [0.1, 0.15) is 39.7 Å². The topological polar surface area (TPSA) is 157 Å². The van der Waals surface area contributed by atoms with Gasteiger partial charge in [-0.1, -0.05) is 43.2 Å². The van der Waals surface area contributed by atoms with Gasteiger partial charge >= 0.3 is 0 Å². The number of imidazole rings is 1. The van der Waals surface area contributed by atoms with E-state index in [1.165, 1.54) is 12.5 Å². The molecule has 0 spiro atoms. The molecule has 11 nitrogen and oxygen atoms in total. The van der Waals surface area contributed by atoms with Gasteiger partial charge in [-0.05, 0) is 74.9 Å². The number of hydrogen-bond acceptors (Lipinski definition) is 8. The predicted molar refractivity (Wildman–Crippen MR) is 189 cm³/mol. The third-order valence-corrected chi connectivity index (χ3v) is 9.55. The van der Waals surface area contributed by atoms with Crippen molar-refractivity contribution in [2.24, 2.45) is 0 Å². The first-order valence-corrected chi connectivity index (χ1v) is 18.5. The van der Waals surface area contributed by atoms with E-state index in [1.54, 1.807) is 12.1 Å². The van der Waals surface area contributed by atoms with Gasteiger partial charge in [-0.3, -0.25) is 9.59 Å². The highest BCUT2D eigenvalue weighted by Crippen LogP contribution is 2.32. The lowest BCUT2D eigenvalue weighted by Gasteiger charge is -2.27. The molecule has 1 amide bonds. The van der Waals surface area contributed by atoms with E-state index in [1.807, 2.05) is 55.2 Å². The molecule has 0 aliphatic carbocycles. The van der Waals surface area contributed by atoms with E-state index in [4.69, 9.17) is 9.72 Å². The average molecular weight is 676 g/mol. The first-order chi connectivity index (χ1) is 22.9. The molecule has 4 N–H and O–H groups in total. The fourth-order valence-corrected chi connectivity index (χ4v) is 6.71. The summed E-state index contributed by atoms with van der Waals surface area (Å²) in [5, 5.41) is 13.8. The molecular weight excluding hydrogens is 630 g/mol. The summed E-state index contributed by atoms with van der Waals surface area (Å²) < 4.78 is 28.6. The molecule has 256 valence electrons. The maximum Gasteiger partial charge on any atom is 0.261 e. The number of rotatable bonds is 16. The molecule has 1 aliphatic rings. The Labute approximate surface area is 281 Å². The molecule has 0 saturated carbocycles. The number of pyridine rings is 1. The minimum absolute atomic E-state index is 0.0343. The van der Waals surface area contributed by atoms with Crippen LogP contribution in [0.1, 0.15) is 66.1 Å². The SMILES string of the molecule is CCCC(CC/C=C/CCS(C)(=O)=O)N1Cc2cc3[nH]c(-c4c(NC[C@@H](O)COc5ccc(C)cc5C)cc[nH]c4=O)nc3cc2C1=O. The van der Waals surface area contributed by atoms with Gasteiger partial charge < -0.3 is 30.0 Å². The summed E-state index contributed by atoms with van der Waals surface area (Å²) in [6, 6.07) is 11.4. The van der Waals surface area contributed by atoms with Crippen LogP contribution in [0.25, 0.3) is 22.4 Å². The number of hydrogen-bond donors (Lipinski definition) is 4. The summed E-state index contributed by atoms with van der Waals surface area (Å²) in [5.74, 6) is 1.17. The molecule has 4 aromatic rings. The summed E-state index contributed by atoms with van der Waals surface area (Å²) in [6.45, 7) is 6.79. The molecule has 0 saturated heterocycles. The highest BCUT2D eigenvalue weighted by atomic mass is 32.2. The highest BCUT2D eigenvalue weighted by molar-refractivity contribution is 7.90. The zero-order valence-corrected chi connectivity index (χ0v) is 28.8. The van der Waals surface area contributed by atoms with Crippen molar-refractivity contribution in [2.45, 2.75) is 71.6 Å². The van der Waals surface area contributed by atoms with Crippen molar-refractivity contribution in [1.82, 2.24) is 19.9 Å². The van der Waals surface area contributed by atoms with Gasteiger partial charge in [0.25, 0.3) is 11.5 Å². The number of anilines is 1. The van der Waals surface area contributed by atoms with Gasteiger partial charge in [-0.15, -0.1) is 0 Å². The Morgan fingerprint density at radius 3 is 2.65 bits per heavy atom. The van der Waals surface area contributed by atoms with Crippen LogP contribution in [0.5, 0.6) is 5.75 Å². The molecule has 0 radical (unpaired) electrons. The number of nitrogens with zero attached hydrogens (tertiary/aromatic N) is 2. The van der Waals surface area contributed by atoms with Gasteiger partial charge in [-0.25, -0.2) is 13.4 Å². The molecule has 3 heterocycles. The lowest BCUT2D eigenvalue weighted by Crippen LogP contribution is -2.35. The van der Waals surface area contributed by atoms with E-state index in [0.717, 1.165) is 47.9 Å². The second-order valence-corrected chi connectivity index (χ2v) is 14.9. The van der Waals surface area contributed by atoms with Gasteiger partial charge in [0, 0.05) is 37.1 Å². The number of aromatic nitrogens is 3. The van der Waals surface area contributed by atoms with Crippen molar-refractivity contribution in [3.63, 3.8) is 0 Å². The second-order valence-electron chi connectivity index (χ2n) is 12.7. The zero-order chi connectivity index (χ0) is 34.4. The van der Waals surface area contributed by atoms with Crippen LogP contribution in [0.15, 0.2) is 59.5 Å². The Kier molecular flexibility index (Phi) is 11.1. The molecule has 2 aromatic carbocycles. The number of aliphatic hydroxyl groups excluding tert-OH is 1. The van der Waals surface area contributed by atoms with E-state index in [0.29, 0.717) is 46.9 Å². The number of fused-ring (bicyclic) bond motifs is 2. The Balaban J connectivity index is 1.26. The Bertz CT molecular complexity index is 1970. The third-order valence-electron chi connectivity index (χ3n) is 8.58. The van der Waals surface area contributed by atoms with E-state index in [9.17, 15) is 23.1 Å². The number of benzene rings is 2. The normalized spacial score (nSPS) is 14.5. The molecular formula is C36H45N5O6S. The van der Waals surface area contributed by atoms with Crippen LogP contribution in [0.4, 0.5) is 5.69 Å². The number of sulfone groups is 1. The molecule has 5 rings (SSSR count). The van der Waals surface area contributed by atoms with Crippen molar-refractivity contribution < 1.29 is 23.1 Å². The maximum absolute atomic E-state index is 13.6. The fraction of sp³-hybridized carbons (Fsp3) is 0.417. The first kappa shape index (κ1) is 34.9. The molecule has 0 bridgehead atoms. The number of aromatic amines is 2. The van der Waals surface area contributed by atoms with Crippen LogP contribution in [-0.4, -0.2) is 76.6 Å². The van der Waals surface area contributed by atoms with Crippen LogP contribution in [-0.2, 0) is 16.4 Å². The number of aliphatic hydroxyl groups is 1. The minimum atomic E-state index is -2.99. The summed E-state index contributed by atoms with van der Waals surface area (Å²) in [4.78, 5) is 39.3. The number of amides is 1. The molecule has 0 fully saturated rings. The number of carbonyl (C=O) groups excluding carboxylic acids is 1. The lowest BCUT2D eigenvalue weighted by molar-refractivity contribution is 0.0683. The molecule has 1 aliphatic heterocycles. The maximum atomic E-state index is 13.6. The van der Waals surface area contributed by atoms with E-state index in [-0.39, 0.29) is 36.4 Å². The van der Waals surface area contributed by atoms with Crippen molar-refractivity contribution >= 4 is 32.5 Å². The summed E-state index contributed by atoms with van der Waals surface area (Å²) in [5.41, 5.74) is 5.40. The largest absolute Gasteiger partial charge is 0.491 e. The Morgan fingerprint density at radius 2 is 1.90 bits per heavy atom. The quantitative estimate of drug-likeness (QED) is 0.117. The summed E-state index contributed by atoms with van der Waals surface area (Å²) in [6.07, 6.45) is 9.70. The van der Waals surface area contributed by atoms with Crippen LogP contribution in [0, 0.1) is 13.8 Å². The van der Waals surface area contributed by atoms with Gasteiger partial charge in [0.05, 0.1) is 22.5 Å². The van der Waals surface area contributed by atoms with Crippen LogP contribution in [0.2, 0.25) is 0 Å². The van der Waals surface area contributed by atoms with Crippen LogP contribution < -0.4 is 15.6 Å². The number of carbonyl (C=O) groups is 1. The van der Waals surface area contributed by atoms with Crippen molar-refractivity contribution in [2.75, 3.05) is 30.5 Å². The Hall–Kier alpha value is -4.42. The van der Waals surface area contributed by atoms with Crippen molar-refractivity contribution in [3.8, 4) is 17.1 Å². The lowest BCUT2D eigenvalue weighted by atomic mass is 10.0. The molecule has 12 heteroatoms. The number of allylic oxidation sites excluding steroid dienone is 2. The van der Waals surface area contributed by atoms with Crippen LogP contribution in [0.3, 0.4) is 0 Å². The molecule has 2 aromatic heterocycles. The highest BCUT2D eigenvalue weighted by Gasteiger charge is 2.33. The summed E-state index contributed by atoms with van der Waals surface area (Å²) >= 11 is 0. The Morgan fingerprint density at radius 1 is 1.10 bits per heavy atom. The smallest absolute Gasteiger partial charge is 0.261 e.